The maximum Gasteiger partial charge on any atom is 0.170 e. The normalized spacial score (nSPS) is 11.9. The summed E-state index contributed by atoms with van der Waals surface area (Å²) in [6.45, 7) is 7.82. The summed E-state index contributed by atoms with van der Waals surface area (Å²) in [5, 5.41) is 14.2. The van der Waals surface area contributed by atoms with E-state index in [0.29, 0.717) is 17.9 Å². The number of aryl methyl sites for hydroxylation is 1. The second-order valence-corrected chi connectivity index (χ2v) is 5.64. The molecule has 0 aliphatic rings. The minimum atomic E-state index is -0.697. The van der Waals surface area contributed by atoms with Crippen molar-refractivity contribution < 1.29 is 8.78 Å². The van der Waals surface area contributed by atoms with E-state index in [1.54, 1.807) is 6.92 Å². The third kappa shape index (κ3) is 2.98. The van der Waals surface area contributed by atoms with Crippen molar-refractivity contribution in [2.24, 2.45) is 0 Å². The van der Waals surface area contributed by atoms with Crippen molar-refractivity contribution in [1.29, 1.82) is 0 Å². The van der Waals surface area contributed by atoms with Crippen molar-refractivity contribution in [3.05, 3.63) is 35.2 Å². The molecule has 0 radical (unpaired) electrons. The van der Waals surface area contributed by atoms with Crippen LogP contribution in [0.3, 0.4) is 0 Å². The Morgan fingerprint density at radius 3 is 2.60 bits per heavy atom. The fraction of sp³-hybridized carbons (Fsp3) is 0.462. The summed E-state index contributed by atoms with van der Waals surface area (Å²) < 4.78 is 29.1. The predicted octanol–water partition coefficient (Wildman–Crippen LogP) is 2.14. The number of aromatic nitrogens is 4. The second kappa shape index (κ2) is 5.24. The van der Waals surface area contributed by atoms with E-state index >= 15 is 0 Å². The van der Waals surface area contributed by atoms with E-state index < -0.39 is 11.6 Å². The Kier molecular flexibility index (Phi) is 3.80. The van der Waals surface area contributed by atoms with Gasteiger partial charge in [0.25, 0.3) is 0 Å². The van der Waals surface area contributed by atoms with E-state index in [9.17, 15) is 8.78 Å². The molecule has 0 saturated heterocycles. The molecule has 2 aromatic rings. The maximum atomic E-state index is 14.1. The SMILES string of the molecule is Cc1ccc(F)c(-n2nnnc2CNC(C)(C)C)c1F. The molecule has 0 aliphatic carbocycles. The van der Waals surface area contributed by atoms with Crippen molar-refractivity contribution in [2.75, 3.05) is 0 Å². The largest absolute Gasteiger partial charge is 0.305 e. The van der Waals surface area contributed by atoms with Crippen molar-refractivity contribution >= 4 is 0 Å². The number of halogens is 2. The van der Waals surface area contributed by atoms with E-state index in [1.165, 1.54) is 12.1 Å². The van der Waals surface area contributed by atoms with E-state index in [4.69, 9.17) is 0 Å². The van der Waals surface area contributed by atoms with Crippen LogP contribution in [0.2, 0.25) is 0 Å². The third-order valence-electron chi connectivity index (χ3n) is 2.78. The van der Waals surface area contributed by atoms with Gasteiger partial charge in [0.2, 0.25) is 0 Å². The molecule has 2 rings (SSSR count). The highest BCUT2D eigenvalue weighted by Crippen LogP contribution is 2.20. The van der Waals surface area contributed by atoms with Gasteiger partial charge in [0.15, 0.2) is 17.5 Å². The van der Waals surface area contributed by atoms with E-state index in [-0.39, 0.29) is 11.2 Å². The van der Waals surface area contributed by atoms with Gasteiger partial charge in [-0.05, 0) is 49.8 Å². The molecule has 1 aromatic heterocycles. The Labute approximate surface area is 116 Å². The lowest BCUT2D eigenvalue weighted by Gasteiger charge is -2.20. The molecular weight excluding hydrogens is 264 g/mol. The van der Waals surface area contributed by atoms with Crippen LogP contribution in [0.1, 0.15) is 32.2 Å². The molecule has 0 bridgehead atoms. The molecular formula is C13H17F2N5. The Morgan fingerprint density at radius 1 is 1.25 bits per heavy atom. The van der Waals surface area contributed by atoms with Crippen molar-refractivity contribution in [3.8, 4) is 5.69 Å². The molecule has 0 saturated carbocycles. The average molecular weight is 281 g/mol. The first-order valence-electron chi connectivity index (χ1n) is 6.27. The van der Waals surface area contributed by atoms with Crippen LogP contribution in [0.4, 0.5) is 8.78 Å². The number of nitrogens with one attached hydrogen (secondary N) is 1. The van der Waals surface area contributed by atoms with Gasteiger partial charge < -0.3 is 5.32 Å². The summed E-state index contributed by atoms with van der Waals surface area (Å²) in [6, 6.07) is 2.59. The number of hydrogen-bond acceptors (Lipinski definition) is 4. The van der Waals surface area contributed by atoms with Crippen LogP contribution in [0.15, 0.2) is 12.1 Å². The molecule has 0 atom stereocenters. The molecule has 5 nitrogen and oxygen atoms in total. The quantitative estimate of drug-likeness (QED) is 0.936. The monoisotopic (exact) mass is 281 g/mol. The molecule has 1 heterocycles. The van der Waals surface area contributed by atoms with Crippen LogP contribution in [0, 0.1) is 18.6 Å². The average Bonchev–Trinajstić information content (AvgIpc) is 2.79. The Hall–Kier alpha value is -1.89. The van der Waals surface area contributed by atoms with Gasteiger partial charge in [-0.3, -0.25) is 0 Å². The number of rotatable bonds is 3. The third-order valence-corrected chi connectivity index (χ3v) is 2.78. The summed E-state index contributed by atoms with van der Waals surface area (Å²) >= 11 is 0. The highest BCUT2D eigenvalue weighted by Gasteiger charge is 2.19. The highest BCUT2D eigenvalue weighted by molar-refractivity contribution is 5.38. The predicted molar refractivity (Wildman–Crippen MR) is 70.4 cm³/mol. The van der Waals surface area contributed by atoms with Crippen LogP contribution in [-0.2, 0) is 6.54 Å². The number of benzene rings is 1. The van der Waals surface area contributed by atoms with Crippen LogP contribution in [-0.4, -0.2) is 25.7 Å². The van der Waals surface area contributed by atoms with Crippen molar-refractivity contribution in [3.63, 3.8) is 0 Å². The summed E-state index contributed by atoms with van der Waals surface area (Å²) in [5.41, 5.74) is -0.0622. The number of tetrazole rings is 1. The van der Waals surface area contributed by atoms with Gasteiger partial charge in [0, 0.05) is 5.54 Å². The summed E-state index contributed by atoms with van der Waals surface area (Å²) in [6.07, 6.45) is 0. The van der Waals surface area contributed by atoms with Crippen LogP contribution >= 0.6 is 0 Å². The topological polar surface area (TPSA) is 55.6 Å². The first-order chi connectivity index (χ1) is 9.29. The molecule has 20 heavy (non-hydrogen) atoms. The fourth-order valence-electron chi connectivity index (χ4n) is 1.67. The smallest absolute Gasteiger partial charge is 0.170 e. The molecule has 0 unspecified atom stereocenters. The molecule has 1 N–H and O–H groups in total. The molecule has 0 amide bonds. The van der Waals surface area contributed by atoms with Crippen LogP contribution in [0.25, 0.3) is 5.69 Å². The lowest BCUT2D eigenvalue weighted by atomic mass is 10.1. The van der Waals surface area contributed by atoms with E-state index in [2.05, 4.69) is 20.8 Å². The molecule has 1 aromatic carbocycles. The van der Waals surface area contributed by atoms with Crippen LogP contribution in [0.5, 0.6) is 0 Å². The van der Waals surface area contributed by atoms with Gasteiger partial charge in [0.1, 0.15) is 5.69 Å². The zero-order valence-corrected chi connectivity index (χ0v) is 11.9. The minimum Gasteiger partial charge on any atom is -0.305 e. The van der Waals surface area contributed by atoms with Gasteiger partial charge in [0.05, 0.1) is 6.54 Å². The zero-order valence-electron chi connectivity index (χ0n) is 11.9. The van der Waals surface area contributed by atoms with Gasteiger partial charge in [-0.2, -0.15) is 4.68 Å². The lowest BCUT2D eigenvalue weighted by Crippen LogP contribution is -2.36. The van der Waals surface area contributed by atoms with Gasteiger partial charge >= 0.3 is 0 Å². The summed E-state index contributed by atoms with van der Waals surface area (Å²) in [5.74, 6) is -1.00. The van der Waals surface area contributed by atoms with Gasteiger partial charge in [-0.1, -0.05) is 6.07 Å². The van der Waals surface area contributed by atoms with Gasteiger partial charge in [-0.25, -0.2) is 8.78 Å². The first kappa shape index (κ1) is 14.5. The molecule has 0 aliphatic heterocycles. The zero-order chi connectivity index (χ0) is 14.9. The fourth-order valence-corrected chi connectivity index (χ4v) is 1.67. The molecule has 7 heteroatoms. The van der Waals surface area contributed by atoms with E-state index in [0.717, 1.165) is 4.68 Å². The minimum absolute atomic E-state index is 0.152. The van der Waals surface area contributed by atoms with Crippen molar-refractivity contribution in [1.82, 2.24) is 25.5 Å². The first-order valence-corrected chi connectivity index (χ1v) is 6.27. The van der Waals surface area contributed by atoms with Crippen LogP contribution < -0.4 is 5.32 Å². The molecule has 0 spiro atoms. The molecule has 108 valence electrons. The summed E-state index contributed by atoms with van der Waals surface area (Å²) in [7, 11) is 0. The Bertz CT molecular complexity index is 616. The second-order valence-electron chi connectivity index (χ2n) is 5.64. The number of nitrogens with zero attached hydrogens (tertiary/aromatic N) is 4. The Balaban J connectivity index is 2.40. The molecule has 0 fully saturated rings. The number of hydrogen-bond donors (Lipinski definition) is 1. The lowest BCUT2D eigenvalue weighted by molar-refractivity contribution is 0.413. The summed E-state index contributed by atoms with van der Waals surface area (Å²) in [4.78, 5) is 0. The highest BCUT2D eigenvalue weighted by atomic mass is 19.1. The van der Waals surface area contributed by atoms with Crippen molar-refractivity contribution in [2.45, 2.75) is 39.8 Å². The maximum absolute atomic E-state index is 14.1. The van der Waals surface area contributed by atoms with Gasteiger partial charge in [-0.15, -0.1) is 5.10 Å². The Morgan fingerprint density at radius 2 is 1.95 bits per heavy atom. The van der Waals surface area contributed by atoms with E-state index in [1.807, 2.05) is 20.8 Å². The standard InChI is InChI=1S/C13H17F2N5/c1-8-5-6-9(14)12(11(8)15)20-10(17-18-19-20)7-16-13(2,3)4/h5-6,16H,7H2,1-4H3.